The third-order valence-electron chi connectivity index (χ3n) is 4.88. The fourth-order valence-electron chi connectivity index (χ4n) is 3.77. The first kappa shape index (κ1) is 19.7. The number of esters is 2. The number of amides is 1. The Morgan fingerprint density at radius 2 is 1.75 bits per heavy atom. The molecule has 1 aromatic carbocycles. The quantitative estimate of drug-likeness (QED) is 0.717. The smallest absolute Gasteiger partial charge is 0.353 e. The number of benzene rings is 1. The van der Waals surface area contributed by atoms with Crippen molar-refractivity contribution in [2.24, 2.45) is 16.0 Å². The molecule has 0 spiro atoms. The largest absolute Gasteiger partial charge is 0.465 e. The van der Waals surface area contributed by atoms with E-state index >= 15 is 0 Å². The zero-order valence-electron chi connectivity index (χ0n) is 16.3. The van der Waals surface area contributed by atoms with Crippen LogP contribution in [0.5, 0.6) is 0 Å². The number of hydrogen-bond acceptors (Lipinski definition) is 7. The van der Waals surface area contributed by atoms with Gasteiger partial charge in [-0.25, -0.2) is 9.80 Å². The highest BCUT2D eigenvalue weighted by Crippen LogP contribution is 2.43. The van der Waals surface area contributed by atoms with Crippen LogP contribution in [0.4, 0.5) is 0 Å². The fourth-order valence-corrected chi connectivity index (χ4v) is 3.77. The van der Waals surface area contributed by atoms with Crippen LogP contribution in [0.1, 0.15) is 33.3 Å². The topological polar surface area (TPSA) is 97.6 Å². The van der Waals surface area contributed by atoms with Crippen molar-refractivity contribution in [2.75, 3.05) is 13.2 Å². The lowest BCUT2D eigenvalue weighted by molar-refractivity contribution is -0.150. The Bertz CT molecular complexity index is 864. The van der Waals surface area contributed by atoms with Gasteiger partial charge < -0.3 is 9.47 Å². The van der Waals surface area contributed by atoms with Gasteiger partial charge in [-0.05, 0) is 20.8 Å². The molecule has 1 amide bonds. The summed E-state index contributed by atoms with van der Waals surface area (Å²) >= 11 is 0. The van der Waals surface area contributed by atoms with Crippen LogP contribution in [0.25, 0.3) is 0 Å². The van der Waals surface area contributed by atoms with Gasteiger partial charge in [-0.15, -0.1) is 0 Å². The van der Waals surface area contributed by atoms with Crippen molar-refractivity contribution in [1.82, 2.24) is 5.01 Å². The Morgan fingerprint density at radius 3 is 2.32 bits per heavy atom. The average Bonchev–Trinajstić information content (AvgIpc) is 3.12. The van der Waals surface area contributed by atoms with E-state index in [0.717, 1.165) is 5.56 Å². The number of carbonyl (C=O) groups excluding carboxylic acids is 3. The Hall–Kier alpha value is -3.03. The van der Waals surface area contributed by atoms with Gasteiger partial charge in [-0.2, -0.15) is 5.10 Å². The van der Waals surface area contributed by atoms with Crippen molar-refractivity contribution < 1.29 is 23.9 Å². The van der Waals surface area contributed by atoms with E-state index in [0.29, 0.717) is 5.71 Å². The highest BCUT2D eigenvalue weighted by atomic mass is 16.5. The van der Waals surface area contributed by atoms with E-state index in [1.54, 1.807) is 20.8 Å². The van der Waals surface area contributed by atoms with Crippen molar-refractivity contribution >= 4 is 29.3 Å². The molecular formula is C20H23N3O5. The molecule has 1 aromatic rings. The maximum Gasteiger partial charge on any atom is 0.353 e. The van der Waals surface area contributed by atoms with Gasteiger partial charge in [0.25, 0.3) is 0 Å². The number of hydrazone groups is 1. The van der Waals surface area contributed by atoms with Crippen molar-refractivity contribution in [2.45, 2.75) is 39.3 Å². The summed E-state index contributed by atoms with van der Waals surface area (Å²) in [6.07, 6.45) is 0. The minimum absolute atomic E-state index is 0.0395. The molecule has 0 N–H and O–H groups in total. The van der Waals surface area contributed by atoms with E-state index in [-0.39, 0.29) is 24.8 Å². The van der Waals surface area contributed by atoms with Gasteiger partial charge in [0.2, 0.25) is 5.91 Å². The molecule has 2 aliphatic rings. The molecule has 2 heterocycles. The van der Waals surface area contributed by atoms with Crippen LogP contribution >= 0.6 is 0 Å². The van der Waals surface area contributed by atoms with Crippen molar-refractivity contribution in [3.05, 3.63) is 35.9 Å². The highest BCUT2D eigenvalue weighted by Gasteiger charge is 2.62. The summed E-state index contributed by atoms with van der Waals surface area (Å²) in [6, 6.07) is 8.47. The second-order valence-corrected chi connectivity index (χ2v) is 6.72. The maximum absolute atomic E-state index is 12.8. The molecule has 0 saturated heterocycles. The normalized spacial score (nSPS) is 25.6. The van der Waals surface area contributed by atoms with Crippen molar-refractivity contribution in [3.63, 3.8) is 0 Å². The van der Waals surface area contributed by atoms with Crippen LogP contribution in [-0.2, 0) is 23.9 Å². The number of fused-ring (bicyclic) bond motifs is 1. The van der Waals surface area contributed by atoms with Gasteiger partial charge in [0.1, 0.15) is 23.2 Å². The zero-order valence-corrected chi connectivity index (χ0v) is 16.3. The van der Waals surface area contributed by atoms with Crippen LogP contribution in [0, 0.1) is 5.92 Å². The third-order valence-corrected chi connectivity index (χ3v) is 4.88. The molecule has 28 heavy (non-hydrogen) atoms. The Balaban J connectivity index is 2.16. The second kappa shape index (κ2) is 7.53. The molecule has 0 fully saturated rings. The van der Waals surface area contributed by atoms with Crippen molar-refractivity contribution in [3.8, 4) is 0 Å². The summed E-state index contributed by atoms with van der Waals surface area (Å²) in [6.45, 7) is 6.77. The number of ether oxygens (including phenoxy) is 2. The first-order chi connectivity index (χ1) is 13.3. The van der Waals surface area contributed by atoms with Gasteiger partial charge in [-0.3, -0.25) is 14.6 Å². The number of carbonyl (C=O) groups is 3. The molecule has 148 valence electrons. The maximum atomic E-state index is 12.8. The van der Waals surface area contributed by atoms with Crippen LogP contribution in [-0.4, -0.2) is 59.1 Å². The number of hydrogen-bond donors (Lipinski definition) is 0. The molecule has 0 aromatic heterocycles. The molecule has 3 unspecified atom stereocenters. The van der Waals surface area contributed by atoms with E-state index in [1.165, 1.54) is 11.9 Å². The van der Waals surface area contributed by atoms with Crippen LogP contribution in [0.2, 0.25) is 0 Å². The van der Waals surface area contributed by atoms with Gasteiger partial charge in [0, 0.05) is 12.5 Å². The SMILES string of the molecule is CCOC(=O)C1=NC2(C)C(c3ccccc3)=NN(C(C)=O)C2C1C(=O)OCC. The predicted octanol–water partition coefficient (Wildman–Crippen LogP) is 1.58. The molecule has 3 atom stereocenters. The van der Waals surface area contributed by atoms with Gasteiger partial charge in [0.05, 0.1) is 18.9 Å². The molecule has 8 heteroatoms. The molecule has 0 aliphatic carbocycles. The molecule has 0 bridgehead atoms. The number of nitrogens with zero attached hydrogens (tertiary/aromatic N) is 3. The van der Waals surface area contributed by atoms with E-state index in [2.05, 4.69) is 10.1 Å². The summed E-state index contributed by atoms with van der Waals surface area (Å²) < 4.78 is 10.3. The summed E-state index contributed by atoms with van der Waals surface area (Å²) in [5.41, 5.74) is 0.159. The highest BCUT2D eigenvalue weighted by molar-refractivity contribution is 6.42. The predicted molar refractivity (Wildman–Crippen MR) is 102 cm³/mol. The Morgan fingerprint density at radius 1 is 1.11 bits per heavy atom. The summed E-state index contributed by atoms with van der Waals surface area (Å²) in [5.74, 6) is -2.74. The van der Waals surface area contributed by atoms with E-state index in [4.69, 9.17) is 9.47 Å². The first-order valence-electron chi connectivity index (χ1n) is 9.22. The van der Waals surface area contributed by atoms with Crippen LogP contribution in [0.3, 0.4) is 0 Å². The summed E-state index contributed by atoms with van der Waals surface area (Å²) in [7, 11) is 0. The lowest BCUT2D eigenvalue weighted by Gasteiger charge is -2.29. The molecular weight excluding hydrogens is 362 g/mol. The lowest BCUT2D eigenvalue weighted by Crippen LogP contribution is -2.52. The van der Waals surface area contributed by atoms with E-state index in [1.807, 2.05) is 30.3 Å². The Labute approximate surface area is 163 Å². The van der Waals surface area contributed by atoms with Gasteiger partial charge in [-0.1, -0.05) is 30.3 Å². The zero-order chi connectivity index (χ0) is 20.5. The molecule has 8 nitrogen and oxygen atoms in total. The molecule has 3 rings (SSSR count). The lowest BCUT2D eigenvalue weighted by atomic mass is 9.80. The van der Waals surface area contributed by atoms with Gasteiger partial charge in [0.15, 0.2) is 0 Å². The molecule has 0 saturated carbocycles. The van der Waals surface area contributed by atoms with Crippen molar-refractivity contribution in [1.29, 1.82) is 0 Å². The standard InChI is InChI=1S/C20H23N3O5/c1-5-27-18(25)14-15(19(26)28-6-2)21-20(4)16(13-10-8-7-9-11-13)22-23(12(3)24)17(14)20/h7-11,14,17H,5-6H2,1-4H3. The van der Waals surface area contributed by atoms with Gasteiger partial charge >= 0.3 is 11.9 Å². The Kier molecular flexibility index (Phi) is 5.31. The fraction of sp³-hybridized carbons (Fsp3) is 0.450. The first-order valence-corrected chi connectivity index (χ1v) is 9.22. The molecule has 0 radical (unpaired) electrons. The number of aliphatic imine (C=N–C) groups is 1. The summed E-state index contributed by atoms with van der Waals surface area (Å²) in [5, 5.41) is 5.72. The third kappa shape index (κ3) is 3.08. The minimum atomic E-state index is -1.08. The number of rotatable bonds is 5. The average molecular weight is 385 g/mol. The van der Waals surface area contributed by atoms with E-state index in [9.17, 15) is 14.4 Å². The van der Waals surface area contributed by atoms with Crippen LogP contribution in [0.15, 0.2) is 40.4 Å². The second-order valence-electron chi connectivity index (χ2n) is 6.72. The molecule has 2 aliphatic heterocycles. The van der Waals surface area contributed by atoms with Crippen LogP contribution < -0.4 is 0 Å². The monoisotopic (exact) mass is 385 g/mol. The van der Waals surface area contributed by atoms with E-state index < -0.39 is 29.4 Å². The summed E-state index contributed by atoms with van der Waals surface area (Å²) in [4.78, 5) is 42.2. The minimum Gasteiger partial charge on any atom is -0.465 e.